The lowest BCUT2D eigenvalue weighted by molar-refractivity contribution is -0.143. The Kier molecular flexibility index (Phi) is 9.47. The zero-order valence-electron chi connectivity index (χ0n) is 23.2. The number of rotatable bonds is 11. The highest BCUT2D eigenvalue weighted by atomic mass is 19.1. The molecule has 40 heavy (non-hydrogen) atoms. The molecule has 8 nitrogen and oxygen atoms in total. The standard InChI is InChI=1S/C30H40F2N4O4/c1-39-26-16-21(35-29-22(26)8-6-12-33-29)7-2-3-9-24(32)19-11-13-36(18-19)28(30(37)38)23-15-20(31)17-34-27(23)25-10-4-5-14-40-25/h15-17,19,24-25,28H,2-14,18H2,1H3,(H,33,35)(H,37,38). The Hall–Kier alpha value is -2.85. The SMILES string of the molecule is COc1cc(CCCCC(F)C2CCN(C(C(=O)O)c3cc(F)cnc3C3CCCCO3)C2)nc2c1CCCN2. The number of methoxy groups -OCH3 is 1. The molecule has 0 amide bonds. The maximum atomic E-state index is 15.3. The first kappa shape index (κ1) is 28.7. The molecule has 2 N–H and O–H groups in total. The first-order chi connectivity index (χ1) is 19.4. The third-order valence-electron chi connectivity index (χ3n) is 8.48. The summed E-state index contributed by atoms with van der Waals surface area (Å²) in [6.07, 6.45) is 7.61. The third-order valence-corrected chi connectivity index (χ3v) is 8.48. The smallest absolute Gasteiger partial charge is 0.325 e. The molecule has 3 aliphatic heterocycles. The molecular weight excluding hydrogens is 518 g/mol. The van der Waals surface area contributed by atoms with Crippen LogP contribution in [0.15, 0.2) is 18.3 Å². The monoisotopic (exact) mass is 558 g/mol. The molecule has 0 radical (unpaired) electrons. The average Bonchev–Trinajstić information content (AvgIpc) is 3.45. The second-order valence-corrected chi connectivity index (χ2v) is 11.2. The summed E-state index contributed by atoms with van der Waals surface area (Å²) in [4.78, 5) is 23.2. The van der Waals surface area contributed by atoms with E-state index in [9.17, 15) is 14.3 Å². The summed E-state index contributed by atoms with van der Waals surface area (Å²) in [5.74, 6) is -0.162. The number of ether oxygens (including phenoxy) is 2. The Morgan fingerprint density at radius 1 is 1.27 bits per heavy atom. The maximum absolute atomic E-state index is 15.3. The number of carboxylic acid groups (broad SMARTS) is 1. The van der Waals surface area contributed by atoms with Gasteiger partial charge in [0.2, 0.25) is 0 Å². The van der Waals surface area contributed by atoms with E-state index in [-0.39, 0.29) is 12.0 Å². The number of nitrogens with zero attached hydrogens (tertiary/aromatic N) is 3. The van der Waals surface area contributed by atoms with Gasteiger partial charge in [0.05, 0.1) is 25.1 Å². The minimum Gasteiger partial charge on any atom is -0.496 e. The van der Waals surface area contributed by atoms with E-state index < -0.39 is 24.0 Å². The Morgan fingerprint density at radius 2 is 2.15 bits per heavy atom. The van der Waals surface area contributed by atoms with E-state index in [1.165, 1.54) is 6.07 Å². The van der Waals surface area contributed by atoms with Gasteiger partial charge in [-0.15, -0.1) is 0 Å². The zero-order valence-corrected chi connectivity index (χ0v) is 23.2. The fourth-order valence-corrected chi connectivity index (χ4v) is 6.39. The van der Waals surface area contributed by atoms with Crippen LogP contribution in [0.25, 0.3) is 0 Å². The van der Waals surface area contributed by atoms with Crippen LogP contribution in [0.2, 0.25) is 0 Å². The van der Waals surface area contributed by atoms with Gasteiger partial charge in [0.25, 0.3) is 0 Å². The highest BCUT2D eigenvalue weighted by Gasteiger charge is 2.39. The first-order valence-electron chi connectivity index (χ1n) is 14.6. The van der Waals surface area contributed by atoms with E-state index in [2.05, 4.69) is 10.3 Å². The van der Waals surface area contributed by atoms with Crippen LogP contribution in [0.1, 0.15) is 86.0 Å². The van der Waals surface area contributed by atoms with Crippen LogP contribution in [0.4, 0.5) is 14.6 Å². The van der Waals surface area contributed by atoms with E-state index in [1.54, 1.807) is 12.0 Å². The summed E-state index contributed by atoms with van der Waals surface area (Å²) in [7, 11) is 1.68. The molecule has 0 saturated carbocycles. The van der Waals surface area contributed by atoms with Crippen LogP contribution in [-0.4, -0.2) is 65.5 Å². The van der Waals surface area contributed by atoms with Gasteiger partial charge in [-0.25, -0.2) is 13.8 Å². The second-order valence-electron chi connectivity index (χ2n) is 11.2. The molecule has 2 fully saturated rings. The highest BCUT2D eigenvalue weighted by Crippen LogP contribution is 2.37. The van der Waals surface area contributed by atoms with Crippen molar-refractivity contribution < 1.29 is 28.2 Å². The number of carbonyl (C=O) groups is 1. The number of nitrogens with one attached hydrogen (secondary N) is 1. The quantitative estimate of drug-likeness (QED) is 0.353. The van der Waals surface area contributed by atoms with Gasteiger partial charge in [-0.2, -0.15) is 0 Å². The van der Waals surface area contributed by atoms with Gasteiger partial charge in [0.1, 0.15) is 29.6 Å². The van der Waals surface area contributed by atoms with Gasteiger partial charge in [0.15, 0.2) is 0 Å². The summed E-state index contributed by atoms with van der Waals surface area (Å²) in [5.41, 5.74) is 2.87. The van der Waals surface area contributed by atoms with E-state index in [1.807, 2.05) is 6.07 Å². The van der Waals surface area contributed by atoms with Crippen molar-refractivity contribution in [1.29, 1.82) is 0 Å². The van der Waals surface area contributed by atoms with Gasteiger partial charge in [-0.1, -0.05) is 6.42 Å². The minimum atomic E-state index is -1.08. The van der Waals surface area contributed by atoms with Crippen LogP contribution in [0.5, 0.6) is 5.75 Å². The number of anilines is 1. The van der Waals surface area contributed by atoms with Gasteiger partial charge < -0.3 is 19.9 Å². The highest BCUT2D eigenvalue weighted by molar-refractivity contribution is 5.76. The Balaban J connectivity index is 1.17. The molecular formula is C30H40F2N4O4. The zero-order chi connectivity index (χ0) is 28.1. The molecule has 4 atom stereocenters. The van der Waals surface area contributed by atoms with Crippen LogP contribution in [-0.2, 0) is 22.4 Å². The van der Waals surface area contributed by atoms with Crippen molar-refractivity contribution >= 4 is 11.8 Å². The van der Waals surface area contributed by atoms with Crippen molar-refractivity contribution in [3.63, 3.8) is 0 Å². The predicted octanol–water partition coefficient (Wildman–Crippen LogP) is 5.42. The second kappa shape index (κ2) is 13.2. The molecule has 10 heteroatoms. The number of fused-ring (bicyclic) bond motifs is 1. The molecule has 218 valence electrons. The Bertz CT molecular complexity index is 1160. The lowest BCUT2D eigenvalue weighted by Crippen LogP contribution is -2.35. The van der Waals surface area contributed by atoms with Crippen molar-refractivity contribution in [2.75, 3.05) is 38.7 Å². The Labute approximate surface area is 234 Å². The third kappa shape index (κ3) is 6.54. The average molecular weight is 559 g/mol. The number of aromatic nitrogens is 2. The van der Waals surface area contributed by atoms with Gasteiger partial charge in [-0.3, -0.25) is 14.7 Å². The summed E-state index contributed by atoms with van der Waals surface area (Å²) < 4.78 is 41.0. The normalized spacial score (nSPS) is 22.8. The Morgan fingerprint density at radius 3 is 2.92 bits per heavy atom. The molecule has 2 aromatic heterocycles. The number of alkyl halides is 1. The molecule has 3 aliphatic rings. The van der Waals surface area contributed by atoms with Crippen molar-refractivity contribution in [1.82, 2.24) is 14.9 Å². The summed E-state index contributed by atoms with van der Waals surface area (Å²) in [6, 6.07) is 2.17. The number of hydrogen-bond acceptors (Lipinski definition) is 7. The molecule has 0 aromatic carbocycles. The summed E-state index contributed by atoms with van der Waals surface area (Å²) in [5, 5.41) is 13.5. The van der Waals surface area contributed by atoms with E-state index in [0.717, 1.165) is 80.5 Å². The topological polar surface area (TPSA) is 96.8 Å². The maximum Gasteiger partial charge on any atom is 0.325 e. The number of halogens is 2. The molecule has 2 aromatic rings. The number of aryl methyl sites for hydroxylation is 1. The van der Waals surface area contributed by atoms with Crippen LogP contribution < -0.4 is 10.1 Å². The number of unbranched alkanes of at least 4 members (excludes halogenated alkanes) is 1. The summed E-state index contributed by atoms with van der Waals surface area (Å²) >= 11 is 0. The number of aliphatic carboxylic acids is 1. The van der Waals surface area contributed by atoms with Crippen molar-refractivity contribution in [2.24, 2.45) is 5.92 Å². The predicted molar refractivity (Wildman–Crippen MR) is 147 cm³/mol. The van der Waals surface area contributed by atoms with Gasteiger partial charge >= 0.3 is 5.97 Å². The van der Waals surface area contributed by atoms with Crippen LogP contribution in [0, 0.1) is 11.7 Å². The molecule has 0 aliphatic carbocycles. The number of hydrogen-bond donors (Lipinski definition) is 2. The lowest BCUT2D eigenvalue weighted by atomic mass is 9.96. The lowest BCUT2D eigenvalue weighted by Gasteiger charge is -2.30. The summed E-state index contributed by atoms with van der Waals surface area (Å²) in [6.45, 7) is 2.23. The molecule has 5 heterocycles. The molecule has 2 saturated heterocycles. The van der Waals surface area contributed by atoms with Crippen molar-refractivity contribution in [2.45, 2.75) is 82.5 Å². The van der Waals surface area contributed by atoms with E-state index >= 15 is 4.39 Å². The fraction of sp³-hybridized carbons (Fsp3) is 0.633. The molecule has 0 spiro atoms. The number of pyridine rings is 2. The molecule has 4 unspecified atom stereocenters. The molecule has 0 bridgehead atoms. The van der Waals surface area contributed by atoms with Crippen molar-refractivity contribution in [3.8, 4) is 5.75 Å². The first-order valence-corrected chi connectivity index (χ1v) is 14.6. The van der Waals surface area contributed by atoms with Crippen LogP contribution >= 0.6 is 0 Å². The van der Waals surface area contributed by atoms with E-state index in [0.29, 0.717) is 50.2 Å². The van der Waals surface area contributed by atoms with Gasteiger partial charge in [-0.05, 0) is 70.4 Å². The van der Waals surface area contributed by atoms with E-state index in [4.69, 9.17) is 14.5 Å². The van der Waals surface area contributed by atoms with Crippen molar-refractivity contribution in [3.05, 3.63) is 46.7 Å². The number of likely N-dealkylation sites (tertiary alicyclic amines) is 1. The number of carboxylic acids is 1. The molecule has 5 rings (SSSR count). The van der Waals surface area contributed by atoms with Crippen LogP contribution in [0.3, 0.4) is 0 Å². The fourth-order valence-electron chi connectivity index (χ4n) is 6.39. The van der Waals surface area contributed by atoms with Gasteiger partial charge in [0, 0.05) is 48.5 Å². The minimum absolute atomic E-state index is 0.260. The largest absolute Gasteiger partial charge is 0.496 e.